The molecule has 0 radical (unpaired) electrons. The van der Waals surface area contributed by atoms with Crippen molar-refractivity contribution in [3.8, 4) is 0 Å². The number of hydrogen-bond donors (Lipinski definition) is 3. The number of benzene rings is 2. The molecule has 13 heteroatoms. The minimum atomic E-state index is -4.60. The molecule has 2 atom stereocenters. The predicted octanol–water partition coefficient (Wildman–Crippen LogP) is 1.74. The molecule has 192 valence electrons. The SMILES string of the molecule is Cc1ccc(F)c([C@@H](C)[C@H](NS(=O)(=O)c2cc(C(=O)N(C)C)ccc2C(N)=O)c2n[nH]c(=O)o2)c1C. The van der Waals surface area contributed by atoms with Crippen LogP contribution in [-0.2, 0) is 10.0 Å². The van der Waals surface area contributed by atoms with Crippen molar-refractivity contribution in [1.29, 1.82) is 0 Å². The Bertz CT molecular complexity index is 1490. The van der Waals surface area contributed by atoms with Gasteiger partial charge in [-0.2, -0.15) is 4.72 Å². The Morgan fingerprint density at radius 3 is 2.42 bits per heavy atom. The summed E-state index contributed by atoms with van der Waals surface area (Å²) < 4.78 is 49.4. The quantitative estimate of drug-likeness (QED) is 0.407. The Kier molecular flexibility index (Phi) is 7.46. The number of amides is 2. The van der Waals surface area contributed by atoms with Crippen LogP contribution >= 0.6 is 0 Å². The molecule has 2 aromatic carbocycles. The van der Waals surface area contributed by atoms with E-state index >= 15 is 0 Å². The zero-order chi connectivity index (χ0) is 26.9. The second-order valence-corrected chi connectivity index (χ2v) is 10.2. The fourth-order valence-electron chi connectivity index (χ4n) is 3.84. The molecule has 11 nitrogen and oxygen atoms in total. The summed E-state index contributed by atoms with van der Waals surface area (Å²) in [6.07, 6.45) is 0. The van der Waals surface area contributed by atoms with Crippen molar-refractivity contribution in [3.05, 3.63) is 80.4 Å². The van der Waals surface area contributed by atoms with Crippen LogP contribution in [0.15, 0.2) is 44.4 Å². The molecule has 3 rings (SSSR count). The van der Waals surface area contributed by atoms with Crippen LogP contribution < -0.4 is 16.2 Å². The summed E-state index contributed by atoms with van der Waals surface area (Å²) in [4.78, 5) is 36.8. The lowest BCUT2D eigenvalue weighted by Gasteiger charge is -2.25. The molecule has 0 aliphatic carbocycles. The van der Waals surface area contributed by atoms with Crippen molar-refractivity contribution in [2.24, 2.45) is 5.73 Å². The summed E-state index contributed by atoms with van der Waals surface area (Å²) in [7, 11) is -1.65. The number of rotatable bonds is 8. The molecule has 2 amide bonds. The van der Waals surface area contributed by atoms with Crippen LogP contribution in [0, 0.1) is 19.7 Å². The van der Waals surface area contributed by atoms with Gasteiger partial charge in [-0.3, -0.25) is 9.59 Å². The summed E-state index contributed by atoms with van der Waals surface area (Å²) >= 11 is 0. The first kappa shape index (κ1) is 26.8. The molecule has 1 aromatic heterocycles. The number of halogens is 1. The Morgan fingerprint density at radius 1 is 1.19 bits per heavy atom. The number of carbonyl (C=O) groups is 2. The average Bonchev–Trinajstić information content (AvgIpc) is 3.25. The number of H-pyrrole nitrogens is 1. The third-order valence-electron chi connectivity index (χ3n) is 5.88. The Hall–Kier alpha value is -3.84. The first-order valence-corrected chi connectivity index (χ1v) is 12.2. The monoisotopic (exact) mass is 519 g/mol. The van der Waals surface area contributed by atoms with Gasteiger partial charge < -0.3 is 15.1 Å². The normalized spacial score (nSPS) is 13.3. The van der Waals surface area contributed by atoms with E-state index in [0.717, 1.165) is 17.7 Å². The maximum absolute atomic E-state index is 14.9. The van der Waals surface area contributed by atoms with E-state index in [2.05, 4.69) is 14.9 Å². The highest BCUT2D eigenvalue weighted by Crippen LogP contribution is 2.35. The summed E-state index contributed by atoms with van der Waals surface area (Å²) in [6.45, 7) is 4.98. The number of carbonyl (C=O) groups excluding carboxylic acids is 2. The molecule has 0 bridgehead atoms. The smallest absolute Gasteiger partial charge is 0.391 e. The van der Waals surface area contributed by atoms with E-state index in [1.54, 1.807) is 19.9 Å². The maximum atomic E-state index is 14.9. The van der Waals surface area contributed by atoms with Crippen LogP contribution in [0.5, 0.6) is 0 Å². The van der Waals surface area contributed by atoms with Gasteiger partial charge in [-0.1, -0.05) is 13.0 Å². The molecule has 36 heavy (non-hydrogen) atoms. The highest BCUT2D eigenvalue weighted by atomic mass is 32.2. The molecule has 3 aromatic rings. The van der Waals surface area contributed by atoms with Crippen LogP contribution in [0.3, 0.4) is 0 Å². The highest BCUT2D eigenvalue weighted by molar-refractivity contribution is 7.89. The zero-order valence-corrected chi connectivity index (χ0v) is 21.1. The van der Waals surface area contributed by atoms with Gasteiger partial charge in [-0.05, 0) is 54.8 Å². The topological polar surface area (TPSA) is 168 Å². The number of primary amides is 1. The molecule has 0 saturated heterocycles. The number of sulfonamides is 1. The molecule has 0 aliphatic heterocycles. The van der Waals surface area contributed by atoms with E-state index < -0.39 is 50.3 Å². The van der Waals surface area contributed by atoms with Gasteiger partial charge in [0.25, 0.3) is 5.91 Å². The lowest BCUT2D eigenvalue weighted by molar-refractivity contribution is 0.0826. The van der Waals surface area contributed by atoms with Gasteiger partial charge in [0.2, 0.25) is 21.8 Å². The summed E-state index contributed by atoms with van der Waals surface area (Å²) in [6, 6.07) is 4.89. The molecule has 0 spiro atoms. The fourth-order valence-corrected chi connectivity index (χ4v) is 5.35. The van der Waals surface area contributed by atoms with Gasteiger partial charge in [0.15, 0.2) is 0 Å². The van der Waals surface area contributed by atoms with Crippen molar-refractivity contribution in [2.75, 3.05) is 14.1 Å². The predicted molar refractivity (Wildman–Crippen MR) is 127 cm³/mol. The molecule has 0 fully saturated rings. The standard InChI is InChI=1S/C23H26FN5O6S/c1-11-6-9-16(24)18(12(11)2)13(3)19(21-26-27-23(32)35-21)28-36(33,34)17-10-14(22(31)29(4)5)7-8-15(17)20(25)30/h6-10,13,19,28H,1-5H3,(H2,25,30)(H,27,32)/t13-,19+/m1/s1. The fraction of sp³-hybridized carbons (Fsp3) is 0.304. The number of nitrogens with two attached hydrogens (primary N) is 1. The zero-order valence-electron chi connectivity index (χ0n) is 20.2. The molecule has 0 aliphatic rings. The maximum Gasteiger partial charge on any atom is 0.434 e. The largest absolute Gasteiger partial charge is 0.434 e. The second kappa shape index (κ2) is 10.0. The number of nitrogens with zero attached hydrogens (tertiary/aromatic N) is 2. The average molecular weight is 520 g/mol. The van der Waals surface area contributed by atoms with Crippen LogP contribution in [0.2, 0.25) is 0 Å². The van der Waals surface area contributed by atoms with Crippen molar-refractivity contribution >= 4 is 21.8 Å². The first-order chi connectivity index (χ1) is 16.7. The van der Waals surface area contributed by atoms with Crippen LogP contribution in [-0.4, -0.2) is 49.4 Å². The Balaban J connectivity index is 2.18. The minimum absolute atomic E-state index is 0.0122. The molecular weight excluding hydrogens is 493 g/mol. The van der Waals surface area contributed by atoms with Crippen LogP contribution in [0.25, 0.3) is 0 Å². The number of hydrogen-bond acceptors (Lipinski definition) is 7. The number of aromatic nitrogens is 2. The molecular formula is C23H26FN5O6S. The number of nitrogens with one attached hydrogen (secondary N) is 2. The van der Waals surface area contributed by atoms with Gasteiger partial charge in [0.05, 0.1) is 10.5 Å². The van der Waals surface area contributed by atoms with Gasteiger partial charge in [-0.25, -0.2) is 22.7 Å². The van der Waals surface area contributed by atoms with Gasteiger partial charge in [0, 0.05) is 25.6 Å². The Morgan fingerprint density at radius 2 is 1.86 bits per heavy atom. The molecule has 0 saturated carbocycles. The first-order valence-electron chi connectivity index (χ1n) is 10.7. The van der Waals surface area contributed by atoms with Crippen molar-refractivity contribution < 1.29 is 26.8 Å². The number of aromatic amines is 1. The Labute approximate surface area is 206 Å². The number of aryl methyl sites for hydroxylation is 1. The molecule has 1 heterocycles. The lowest BCUT2D eigenvalue weighted by atomic mass is 9.88. The van der Waals surface area contributed by atoms with Crippen LogP contribution in [0.1, 0.15) is 62.2 Å². The summed E-state index contributed by atoms with van der Waals surface area (Å²) in [5.74, 6) is -4.37. The van der Waals surface area contributed by atoms with E-state index in [1.165, 1.54) is 38.1 Å². The third kappa shape index (κ3) is 5.21. The van der Waals surface area contributed by atoms with Gasteiger partial charge in [-0.15, -0.1) is 5.10 Å². The molecule has 0 unspecified atom stereocenters. The highest BCUT2D eigenvalue weighted by Gasteiger charge is 2.35. The van der Waals surface area contributed by atoms with E-state index in [-0.39, 0.29) is 22.6 Å². The summed E-state index contributed by atoms with van der Waals surface area (Å²) in [5.41, 5.74) is 6.52. The second-order valence-electron chi connectivity index (χ2n) is 8.52. The van der Waals surface area contributed by atoms with Crippen LogP contribution in [0.4, 0.5) is 4.39 Å². The minimum Gasteiger partial charge on any atom is -0.391 e. The van der Waals surface area contributed by atoms with Gasteiger partial charge >= 0.3 is 5.76 Å². The van der Waals surface area contributed by atoms with E-state index in [0.29, 0.717) is 5.56 Å². The van der Waals surface area contributed by atoms with E-state index in [1.807, 2.05) is 0 Å². The lowest BCUT2D eigenvalue weighted by Crippen LogP contribution is -2.34. The third-order valence-corrected chi connectivity index (χ3v) is 7.36. The molecule has 4 N–H and O–H groups in total. The van der Waals surface area contributed by atoms with Crippen molar-refractivity contribution in [2.45, 2.75) is 37.6 Å². The van der Waals surface area contributed by atoms with Gasteiger partial charge in [0.1, 0.15) is 11.9 Å². The van der Waals surface area contributed by atoms with Crippen molar-refractivity contribution in [1.82, 2.24) is 19.8 Å². The summed E-state index contributed by atoms with van der Waals surface area (Å²) in [5, 5.41) is 5.81. The van der Waals surface area contributed by atoms with E-state index in [4.69, 9.17) is 10.2 Å². The van der Waals surface area contributed by atoms with Crippen molar-refractivity contribution in [3.63, 3.8) is 0 Å². The van der Waals surface area contributed by atoms with E-state index in [9.17, 15) is 27.2 Å².